The first-order valence-corrected chi connectivity index (χ1v) is 7.33. The minimum atomic E-state index is 0.686. The molecule has 0 amide bonds. The molecule has 0 aromatic heterocycles. The Bertz CT molecular complexity index is 167. The maximum Gasteiger partial charge on any atom is 0.00195 e. The summed E-state index contributed by atoms with van der Waals surface area (Å²) < 4.78 is 0. The lowest BCUT2D eigenvalue weighted by Crippen LogP contribution is -2.23. The lowest BCUT2D eigenvalue weighted by atomic mass is 9.77. The SMILES string of the molecule is CCC(C)CCCC1CCC(S)C[C@H]1C. The number of hydrogen-bond acceptors (Lipinski definition) is 1. The maximum absolute atomic E-state index is 4.60. The molecule has 0 radical (unpaired) electrons. The van der Waals surface area contributed by atoms with Crippen LogP contribution < -0.4 is 0 Å². The van der Waals surface area contributed by atoms with E-state index in [1.165, 1.54) is 44.9 Å². The molecular formula is C14H28S. The summed E-state index contributed by atoms with van der Waals surface area (Å²) >= 11 is 4.60. The van der Waals surface area contributed by atoms with E-state index in [2.05, 4.69) is 33.4 Å². The topological polar surface area (TPSA) is 0 Å². The van der Waals surface area contributed by atoms with E-state index in [1.54, 1.807) is 0 Å². The monoisotopic (exact) mass is 228 g/mol. The Balaban J connectivity index is 2.15. The third kappa shape index (κ3) is 4.80. The molecule has 1 fully saturated rings. The van der Waals surface area contributed by atoms with Crippen LogP contribution in [0.15, 0.2) is 0 Å². The minimum Gasteiger partial charge on any atom is -0.176 e. The van der Waals surface area contributed by atoms with Gasteiger partial charge in [-0.3, -0.25) is 0 Å². The fourth-order valence-corrected chi connectivity index (χ4v) is 3.27. The van der Waals surface area contributed by atoms with E-state index in [1.807, 2.05) is 0 Å². The minimum absolute atomic E-state index is 0.686. The van der Waals surface area contributed by atoms with Crippen LogP contribution in [0.25, 0.3) is 0 Å². The van der Waals surface area contributed by atoms with Crippen molar-refractivity contribution in [1.29, 1.82) is 0 Å². The molecule has 15 heavy (non-hydrogen) atoms. The van der Waals surface area contributed by atoms with E-state index in [0.29, 0.717) is 5.25 Å². The van der Waals surface area contributed by atoms with E-state index in [0.717, 1.165) is 17.8 Å². The van der Waals surface area contributed by atoms with Crippen molar-refractivity contribution in [3.8, 4) is 0 Å². The summed E-state index contributed by atoms with van der Waals surface area (Å²) in [6.45, 7) is 7.11. The average Bonchev–Trinajstić information content (AvgIpc) is 2.21. The molecule has 90 valence electrons. The van der Waals surface area contributed by atoms with Gasteiger partial charge in [0.05, 0.1) is 0 Å². The molecule has 0 aromatic carbocycles. The van der Waals surface area contributed by atoms with Crippen molar-refractivity contribution < 1.29 is 0 Å². The summed E-state index contributed by atoms with van der Waals surface area (Å²) in [6.07, 6.45) is 9.81. The van der Waals surface area contributed by atoms with E-state index in [4.69, 9.17) is 0 Å². The molecule has 0 saturated heterocycles. The van der Waals surface area contributed by atoms with Gasteiger partial charge in [0, 0.05) is 5.25 Å². The Morgan fingerprint density at radius 1 is 1.33 bits per heavy atom. The van der Waals surface area contributed by atoms with Gasteiger partial charge in [-0.25, -0.2) is 0 Å². The zero-order chi connectivity index (χ0) is 11.3. The van der Waals surface area contributed by atoms with Gasteiger partial charge >= 0.3 is 0 Å². The molecule has 1 aliphatic carbocycles. The molecule has 0 N–H and O–H groups in total. The zero-order valence-corrected chi connectivity index (χ0v) is 11.6. The Hall–Kier alpha value is 0.350. The Morgan fingerprint density at radius 3 is 2.67 bits per heavy atom. The average molecular weight is 228 g/mol. The van der Waals surface area contributed by atoms with Gasteiger partial charge < -0.3 is 0 Å². The predicted octanol–water partition coefficient (Wildman–Crippen LogP) is 4.94. The first kappa shape index (κ1) is 13.4. The van der Waals surface area contributed by atoms with Gasteiger partial charge in [-0.05, 0) is 37.0 Å². The van der Waals surface area contributed by atoms with Crippen LogP contribution in [0.5, 0.6) is 0 Å². The van der Waals surface area contributed by atoms with Crippen LogP contribution in [-0.4, -0.2) is 5.25 Å². The molecule has 0 aromatic rings. The van der Waals surface area contributed by atoms with Crippen LogP contribution in [0.4, 0.5) is 0 Å². The van der Waals surface area contributed by atoms with Crippen molar-refractivity contribution >= 4 is 12.6 Å². The van der Waals surface area contributed by atoms with Crippen LogP contribution in [0, 0.1) is 17.8 Å². The van der Waals surface area contributed by atoms with Crippen molar-refractivity contribution in [2.75, 3.05) is 0 Å². The molecule has 4 atom stereocenters. The third-order valence-corrected chi connectivity index (χ3v) is 4.76. The Labute approximate surface area is 102 Å². The lowest BCUT2D eigenvalue weighted by Gasteiger charge is -2.32. The van der Waals surface area contributed by atoms with Gasteiger partial charge in [0.25, 0.3) is 0 Å². The highest BCUT2D eigenvalue weighted by atomic mass is 32.1. The zero-order valence-electron chi connectivity index (χ0n) is 10.7. The summed E-state index contributed by atoms with van der Waals surface area (Å²) in [5.41, 5.74) is 0. The summed E-state index contributed by atoms with van der Waals surface area (Å²) in [4.78, 5) is 0. The van der Waals surface area contributed by atoms with Crippen molar-refractivity contribution in [1.82, 2.24) is 0 Å². The molecule has 0 spiro atoms. The second kappa shape index (κ2) is 6.83. The molecule has 3 unspecified atom stereocenters. The fraction of sp³-hybridized carbons (Fsp3) is 1.00. The van der Waals surface area contributed by atoms with E-state index >= 15 is 0 Å². The highest BCUT2D eigenvalue weighted by Crippen LogP contribution is 2.35. The number of rotatable bonds is 5. The summed E-state index contributed by atoms with van der Waals surface area (Å²) in [5.74, 6) is 2.84. The Morgan fingerprint density at radius 2 is 2.07 bits per heavy atom. The summed E-state index contributed by atoms with van der Waals surface area (Å²) in [5, 5.41) is 0.686. The second-order valence-corrected chi connectivity index (χ2v) is 6.38. The number of hydrogen-bond donors (Lipinski definition) is 1. The summed E-state index contributed by atoms with van der Waals surface area (Å²) in [6, 6.07) is 0. The second-order valence-electron chi connectivity index (χ2n) is 5.65. The van der Waals surface area contributed by atoms with E-state index in [9.17, 15) is 0 Å². The highest BCUT2D eigenvalue weighted by Gasteiger charge is 2.25. The molecular weight excluding hydrogens is 200 g/mol. The van der Waals surface area contributed by atoms with Crippen LogP contribution in [0.3, 0.4) is 0 Å². The first-order valence-electron chi connectivity index (χ1n) is 6.81. The quantitative estimate of drug-likeness (QED) is 0.633. The molecule has 0 bridgehead atoms. The molecule has 0 aliphatic heterocycles. The van der Waals surface area contributed by atoms with Crippen LogP contribution in [-0.2, 0) is 0 Å². The van der Waals surface area contributed by atoms with Gasteiger partial charge in [0.1, 0.15) is 0 Å². The molecule has 1 rings (SSSR count). The van der Waals surface area contributed by atoms with Gasteiger partial charge in [-0.15, -0.1) is 0 Å². The molecule has 0 nitrogen and oxygen atoms in total. The predicted molar refractivity (Wildman–Crippen MR) is 72.6 cm³/mol. The van der Waals surface area contributed by atoms with Gasteiger partial charge in [-0.2, -0.15) is 12.6 Å². The smallest absolute Gasteiger partial charge is 0.00195 e. The maximum atomic E-state index is 4.60. The standard InChI is InChI=1S/C14H28S/c1-4-11(2)6-5-7-13-8-9-14(15)10-12(13)3/h11-15H,4-10H2,1-3H3/t11?,12-,13?,14?/m1/s1. The summed E-state index contributed by atoms with van der Waals surface area (Å²) in [7, 11) is 0. The Kier molecular flexibility index (Phi) is 6.11. The molecule has 1 aliphatic rings. The number of thiol groups is 1. The van der Waals surface area contributed by atoms with Crippen LogP contribution in [0.2, 0.25) is 0 Å². The van der Waals surface area contributed by atoms with Gasteiger partial charge in [0.15, 0.2) is 0 Å². The van der Waals surface area contributed by atoms with E-state index in [-0.39, 0.29) is 0 Å². The molecule has 1 heteroatoms. The first-order chi connectivity index (χ1) is 7.13. The van der Waals surface area contributed by atoms with Gasteiger partial charge in [-0.1, -0.05) is 46.5 Å². The fourth-order valence-electron chi connectivity index (χ4n) is 2.79. The van der Waals surface area contributed by atoms with Crippen molar-refractivity contribution in [2.45, 2.75) is 71.0 Å². The van der Waals surface area contributed by atoms with E-state index < -0.39 is 0 Å². The van der Waals surface area contributed by atoms with Crippen LogP contribution >= 0.6 is 12.6 Å². The molecule has 0 heterocycles. The van der Waals surface area contributed by atoms with Crippen molar-refractivity contribution in [2.24, 2.45) is 17.8 Å². The highest BCUT2D eigenvalue weighted by molar-refractivity contribution is 7.80. The third-order valence-electron chi connectivity index (χ3n) is 4.29. The normalized spacial score (nSPS) is 34.0. The largest absolute Gasteiger partial charge is 0.176 e. The lowest BCUT2D eigenvalue weighted by molar-refractivity contribution is 0.238. The molecule has 1 saturated carbocycles. The van der Waals surface area contributed by atoms with Crippen molar-refractivity contribution in [3.05, 3.63) is 0 Å². The van der Waals surface area contributed by atoms with Gasteiger partial charge in [0.2, 0.25) is 0 Å². The van der Waals surface area contributed by atoms with Crippen LogP contribution in [0.1, 0.15) is 65.7 Å². The van der Waals surface area contributed by atoms with Crippen molar-refractivity contribution in [3.63, 3.8) is 0 Å².